The average molecular weight is 464 g/mol. The molecule has 0 amide bonds. The predicted molar refractivity (Wildman–Crippen MR) is 130 cm³/mol. The third kappa shape index (κ3) is 4.17. The number of hydrogen-bond acceptors (Lipinski definition) is 2. The summed E-state index contributed by atoms with van der Waals surface area (Å²) in [6, 6.07) is 18.2. The van der Waals surface area contributed by atoms with Crippen molar-refractivity contribution in [3.05, 3.63) is 94.8 Å². The maximum atomic E-state index is 13.0. The zero-order valence-corrected chi connectivity index (χ0v) is 19.4. The van der Waals surface area contributed by atoms with E-state index in [1.54, 1.807) is 12.1 Å². The van der Waals surface area contributed by atoms with Crippen molar-refractivity contribution in [2.45, 2.75) is 45.3 Å². The summed E-state index contributed by atoms with van der Waals surface area (Å²) in [7, 11) is 0. The molecule has 0 saturated carbocycles. The number of nitrogens with zero attached hydrogens (tertiary/aromatic N) is 3. The molecule has 6 heteroatoms. The Morgan fingerprint density at radius 2 is 1.59 bits per heavy atom. The lowest BCUT2D eigenvalue weighted by Crippen LogP contribution is -2.33. The maximum absolute atomic E-state index is 13.0. The molecule has 1 saturated heterocycles. The van der Waals surface area contributed by atoms with Crippen LogP contribution in [0.1, 0.15) is 46.7 Å². The van der Waals surface area contributed by atoms with Crippen LogP contribution in [0.3, 0.4) is 0 Å². The second kappa shape index (κ2) is 8.82. The highest BCUT2D eigenvalue weighted by Crippen LogP contribution is 2.36. The molecule has 3 nitrogen and oxygen atoms in total. The molecule has 2 aromatic heterocycles. The fourth-order valence-corrected chi connectivity index (χ4v) is 5.14. The summed E-state index contributed by atoms with van der Waals surface area (Å²) >= 11 is 0. The molecule has 3 heterocycles. The van der Waals surface area contributed by atoms with Crippen LogP contribution in [-0.4, -0.2) is 22.6 Å². The lowest BCUT2D eigenvalue weighted by Gasteiger charge is -2.33. The van der Waals surface area contributed by atoms with Crippen molar-refractivity contribution in [1.29, 1.82) is 0 Å². The van der Waals surface area contributed by atoms with Crippen molar-refractivity contribution in [2.24, 2.45) is 0 Å². The number of rotatable bonds is 4. The number of fused-ring (bicyclic) bond motifs is 1. The van der Waals surface area contributed by atoms with Crippen LogP contribution in [-0.2, 0) is 12.7 Å². The molecule has 0 atom stereocenters. The van der Waals surface area contributed by atoms with Crippen LogP contribution in [0.4, 0.5) is 19.0 Å². The van der Waals surface area contributed by atoms with E-state index >= 15 is 0 Å². The van der Waals surface area contributed by atoms with Crippen molar-refractivity contribution < 1.29 is 13.2 Å². The van der Waals surface area contributed by atoms with E-state index in [0.717, 1.165) is 66.0 Å². The largest absolute Gasteiger partial charge is 0.416 e. The van der Waals surface area contributed by atoms with E-state index in [0.29, 0.717) is 12.5 Å². The van der Waals surface area contributed by atoms with Crippen LogP contribution in [0.15, 0.2) is 66.9 Å². The van der Waals surface area contributed by atoms with Crippen LogP contribution in [0.25, 0.3) is 10.9 Å². The van der Waals surface area contributed by atoms with Gasteiger partial charge in [0.05, 0.1) is 11.1 Å². The van der Waals surface area contributed by atoms with Crippen molar-refractivity contribution >= 4 is 16.7 Å². The van der Waals surface area contributed by atoms with Gasteiger partial charge in [0, 0.05) is 36.9 Å². The second-order valence-electron chi connectivity index (χ2n) is 9.19. The number of hydrogen-bond donors (Lipinski definition) is 0. The Labute approximate surface area is 197 Å². The second-order valence-corrected chi connectivity index (χ2v) is 9.19. The number of alkyl halides is 3. The molecule has 0 radical (unpaired) electrons. The molecule has 176 valence electrons. The number of halogens is 3. The molecule has 2 aromatic carbocycles. The first-order valence-electron chi connectivity index (χ1n) is 11.7. The summed E-state index contributed by atoms with van der Waals surface area (Å²) in [5.74, 6) is 1.52. The smallest absolute Gasteiger partial charge is 0.355 e. The number of benzene rings is 2. The Balaban J connectivity index is 1.46. The van der Waals surface area contributed by atoms with Gasteiger partial charge < -0.3 is 9.47 Å². The molecule has 34 heavy (non-hydrogen) atoms. The van der Waals surface area contributed by atoms with E-state index in [1.165, 1.54) is 11.1 Å². The molecule has 5 rings (SSSR count). The van der Waals surface area contributed by atoms with Gasteiger partial charge in [-0.1, -0.05) is 42.5 Å². The monoisotopic (exact) mass is 463 g/mol. The van der Waals surface area contributed by atoms with Gasteiger partial charge >= 0.3 is 6.18 Å². The molecule has 0 N–H and O–H groups in total. The Hall–Kier alpha value is -3.28. The highest BCUT2D eigenvalue weighted by molar-refractivity contribution is 5.93. The first-order chi connectivity index (χ1) is 16.3. The number of anilines is 1. The molecule has 1 aliphatic rings. The third-order valence-corrected chi connectivity index (χ3v) is 7.21. The van der Waals surface area contributed by atoms with Gasteiger partial charge in [-0.05, 0) is 67.5 Å². The summed E-state index contributed by atoms with van der Waals surface area (Å²) in [6.45, 7) is 6.54. The predicted octanol–water partition coefficient (Wildman–Crippen LogP) is 7.10. The number of pyridine rings is 1. The first kappa shape index (κ1) is 22.5. The van der Waals surface area contributed by atoms with Crippen LogP contribution in [0, 0.1) is 13.8 Å². The molecule has 0 spiro atoms. The van der Waals surface area contributed by atoms with Gasteiger partial charge in [-0.2, -0.15) is 13.2 Å². The summed E-state index contributed by atoms with van der Waals surface area (Å²) in [4.78, 5) is 7.15. The number of aryl methyl sites for hydroxylation is 1. The normalized spacial score (nSPS) is 15.3. The van der Waals surface area contributed by atoms with Gasteiger partial charge in [0.2, 0.25) is 0 Å². The summed E-state index contributed by atoms with van der Waals surface area (Å²) < 4.78 is 41.2. The number of aromatic nitrogens is 2. The van der Waals surface area contributed by atoms with Crippen LogP contribution in [0.5, 0.6) is 0 Å². The van der Waals surface area contributed by atoms with Crippen molar-refractivity contribution in [3.63, 3.8) is 0 Å². The minimum atomic E-state index is -4.33. The maximum Gasteiger partial charge on any atom is 0.416 e. The van der Waals surface area contributed by atoms with E-state index < -0.39 is 11.7 Å². The summed E-state index contributed by atoms with van der Waals surface area (Å²) in [6.07, 6.45) is -0.316. The molecular formula is C28H28F3N3. The van der Waals surface area contributed by atoms with Crippen LogP contribution in [0.2, 0.25) is 0 Å². The van der Waals surface area contributed by atoms with Gasteiger partial charge in [0.25, 0.3) is 0 Å². The SMILES string of the molecule is Cc1c(C)n(Cc2ccc(C(F)(F)F)cc2)c2c(N3CCC(c4ccccc4)CC3)nccc12. The topological polar surface area (TPSA) is 21.1 Å². The minimum absolute atomic E-state index is 0.507. The van der Waals surface area contributed by atoms with Crippen LogP contribution < -0.4 is 4.90 Å². The third-order valence-electron chi connectivity index (χ3n) is 7.21. The van der Waals surface area contributed by atoms with Gasteiger partial charge in [-0.15, -0.1) is 0 Å². The van der Waals surface area contributed by atoms with Crippen LogP contribution >= 0.6 is 0 Å². The lowest BCUT2D eigenvalue weighted by molar-refractivity contribution is -0.137. The zero-order valence-electron chi connectivity index (χ0n) is 19.4. The highest BCUT2D eigenvalue weighted by atomic mass is 19.4. The Kier molecular flexibility index (Phi) is 5.84. The van der Waals surface area contributed by atoms with E-state index in [9.17, 15) is 13.2 Å². The van der Waals surface area contributed by atoms with E-state index in [4.69, 9.17) is 4.98 Å². The zero-order chi connectivity index (χ0) is 23.9. The standard InChI is InChI=1S/C28H28F3N3/c1-19-20(2)34(18-21-8-10-24(11-9-21)28(29,30)31)26-25(19)12-15-32-27(26)33-16-13-23(14-17-33)22-6-4-3-5-7-22/h3-12,15,23H,13-14,16-18H2,1-2H3. The lowest BCUT2D eigenvalue weighted by atomic mass is 9.89. The van der Waals surface area contributed by atoms with Crippen molar-refractivity contribution in [3.8, 4) is 0 Å². The van der Waals surface area contributed by atoms with Gasteiger partial charge in [0.15, 0.2) is 5.82 Å². The van der Waals surface area contributed by atoms with Crippen molar-refractivity contribution in [2.75, 3.05) is 18.0 Å². The van der Waals surface area contributed by atoms with Gasteiger partial charge in [-0.25, -0.2) is 4.98 Å². The summed E-state index contributed by atoms with van der Waals surface area (Å²) in [5, 5.41) is 1.15. The Bertz CT molecular complexity index is 1280. The van der Waals surface area contributed by atoms with Gasteiger partial charge in [0.1, 0.15) is 0 Å². The average Bonchev–Trinajstić information content (AvgIpc) is 3.09. The molecule has 0 bridgehead atoms. The Morgan fingerprint density at radius 3 is 2.24 bits per heavy atom. The van der Waals surface area contributed by atoms with E-state index in [1.807, 2.05) is 12.3 Å². The molecule has 1 aliphatic heterocycles. The van der Waals surface area contributed by atoms with E-state index in [-0.39, 0.29) is 0 Å². The Morgan fingerprint density at radius 1 is 0.912 bits per heavy atom. The fourth-order valence-electron chi connectivity index (χ4n) is 5.14. The van der Waals surface area contributed by atoms with Gasteiger partial charge in [-0.3, -0.25) is 0 Å². The van der Waals surface area contributed by atoms with E-state index in [2.05, 4.69) is 53.6 Å². The molecule has 0 unspecified atom stereocenters. The summed E-state index contributed by atoms with van der Waals surface area (Å²) in [5.41, 5.74) is 4.98. The molecule has 0 aliphatic carbocycles. The minimum Gasteiger partial charge on any atom is -0.355 e. The molecule has 4 aromatic rings. The molecular weight excluding hydrogens is 435 g/mol. The number of piperidine rings is 1. The molecule has 1 fully saturated rings. The van der Waals surface area contributed by atoms with Crippen molar-refractivity contribution in [1.82, 2.24) is 9.55 Å². The quantitative estimate of drug-likeness (QED) is 0.322. The highest BCUT2D eigenvalue weighted by Gasteiger charge is 2.30. The fraction of sp³-hybridized carbons (Fsp3) is 0.321. The first-order valence-corrected chi connectivity index (χ1v) is 11.7.